The molecule has 0 saturated heterocycles. The molecule has 0 spiro atoms. The zero-order chi connectivity index (χ0) is 18.5. The van der Waals surface area contributed by atoms with Crippen molar-refractivity contribution in [1.29, 1.82) is 0 Å². The molecule has 3 rings (SSSR count). The number of nitrogens with one attached hydrogen (secondary N) is 1. The number of aromatic nitrogens is 3. The molecule has 0 fully saturated rings. The number of carbonyl (C=O) groups is 1. The molecule has 1 heterocycles. The Kier molecular flexibility index (Phi) is 5.38. The van der Waals surface area contributed by atoms with Crippen LogP contribution in [0.2, 0.25) is 5.02 Å². The molecule has 1 amide bonds. The predicted octanol–water partition coefficient (Wildman–Crippen LogP) is 3.25. The van der Waals surface area contributed by atoms with E-state index in [0.29, 0.717) is 28.6 Å². The number of methoxy groups -OCH3 is 2. The number of halogens is 1. The van der Waals surface area contributed by atoms with Crippen LogP contribution in [-0.2, 0) is 6.54 Å². The van der Waals surface area contributed by atoms with E-state index >= 15 is 0 Å². The van der Waals surface area contributed by atoms with Crippen LogP contribution in [0, 0.1) is 0 Å². The molecule has 3 aromatic rings. The highest BCUT2D eigenvalue weighted by atomic mass is 35.5. The van der Waals surface area contributed by atoms with Gasteiger partial charge in [0.1, 0.15) is 17.8 Å². The van der Waals surface area contributed by atoms with Crippen LogP contribution in [0.3, 0.4) is 0 Å². The van der Waals surface area contributed by atoms with E-state index in [1.165, 1.54) is 20.5 Å². The molecule has 8 heteroatoms. The van der Waals surface area contributed by atoms with E-state index in [0.717, 1.165) is 5.56 Å². The van der Waals surface area contributed by atoms with E-state index in [9.17, 15) is 4.79 Å². The van der Waals surface area contributed by atoms with Gasteiger partial charge >= 0.3 is 0 Å². The van der Waals surface area contributed by atoms with Crippen LogP contribution in [0.15, 0.2) is 48.8 Å². The third kappa shape index (κ3) is 4.12. The molecular weight excluding hydrogens is 356 g/mol. The maximum atomic E-state index is 12.4. The van der Waals surface area contributed by atoms with Crippen molar-refractivity contribution in [3.63, 3.8) is 0 Å². The predicted molar refractivity (Wildman–Crippen MR) is 98.1 cm³/mol. The summed E-state index contributed by atoms with van der Waals surface area (Å²) in [6.07, 6.45) is 1.53. The van der Waals surface area contributed by atoms with Crippen molar-refractivity contribution in [2.45, 2.75) is 6.54 Å². The number of ether oxygens (including phenoxy) is 2. The van der Waals surface area contributed by atoms with Gasteiger partial charge in [-0.3, -0.25) is 10.1 Å². The largest absolute Gasteiger partial charge is 0.497 e. The summed E-state index contributed by atoms with van der Waals surface area (Å²) in [4.78, 5) is 16.5. The van der Waals surface area contributed by atoms with Gasteiger partial charge in [-0.05, 0) is 23.8 Å². The van der Waals surface area contributed by atoms with Gasteiger partial charge in [-0.15, -0.1) is 5.10 Å². The summed E-state index contributed by atoms with van der Waals surface area (Å²) in [6.45, 7) is 0.454. The summed E-state index contributed by atoms with van der Waals surface area (Å²) in [5.41, 5.74) is 1.29. The number of hydrogen-bond donors (Lipinski definition) is 1. The highest BCUT2D eigenvalue weighted by Crippen LogP contribution is 2.23. The van der Waals surface area contributed by atoms with Crippen molar-refractivity contribution in [2.24, 2.45) is 0 Å². The van der Waals surface area contributed by atoms with Crippen LogP contribution in [0.4, 0.5) is 5.95 Å². The van der Waals surface area contributed by atoms with Gasteiger partial charge in [0.2, 0.25) is 5.95 Å². The van der Waals surface area contributed by atoms with E-state index in [1.54, 1.807) is 22.9 Å². The van der Waals surface area contributed by atoms with E-state index in [2.05, 4.69) is 15.4 Å². The van der Waals surface area contributed by atoms with Crippen molar-refractivity contribution in [1.82, 2.24) is 14.8 Å². The Morgan fingerprint density at radius 1 is 1.15 bits per heavy atom. The van der Waals surface area contributed by atoms with E-state index < -0.39 is 0 Å². The first kappa shape index (κ1) is 17.8. The Balaban J connectivity index is 1.73. The first-order valence-corrected chi connectivity index (χ1v) is 8.14. The van der Waals surface area contributed by atoms with Gasteiger partial charge < -0.3 is 9.47 Å². The fraction of sp³-hybridized carbons (Fsp3) is 0.167. The summed E-state index contributed by atoms with van der Waals surface area (Å²) >= 11 is 6.15. The second kappa shape index (κ2) is 7.88. The molecule has 0 unspecified atom stereocenters. The number of hydrogen-bond acceptors (Lipinski definition) is 5. The average molecular weight is 373 g/mol. The minimum absolute atomic E-state index is 0.198. The SMILES string of the molecule is COc1cc(OC)cc(C(=O)Nc2ncn(Cc3ccccc3Cl)n2)c1. The maximum absolute atomic E-state index is 12.4. The molecule has 134 valence electrons. The fourth-order valence-electron chi connectivity index (χ4n) is 2.34. The zero-order valence-electron chi connectivity index (χ0n) is 14.3. The molecule has 7 nitrogen and oxygen atoms in total. The Morgan fingerprint density at radius 3 is 2.50 bits per heavy atom. The lowest BCUT2D eigenvalue weighted by molar-refractivity contribution is 0.102. The minimum Gasteiger partial charge on any atom is -0.497 e. The Bertz CT molecular complexity index is 904. The molecule has 0 radical (unpaired) electrons. The summed E-state index contributed by atoms with van der Waals surface area (Å²) in [5.74, 6) is 0.875. The van der Waals surface area contributed by atoms with Crippen molar-refractivity contribution < 1.29 is 14.3 Å². The lowest BCUT2D eigenvalue weighted by atomic mass is 10.2. The third-order valence-corrected chi connectivity index (χ3v) is 4.03. The first-order valence-electron chi connectivity index (χ1n) is 7.76. The second-order valence-electron chi connectivity index (χ2n) is 5.41. The molecule has 1 aromatic heterocycles. The molecule has 0 aliphatic heterocycles. The lowest BCUT2D eigenvalue weighted by Gasteiger charge is -2.07. The zero-order valence-corrected chi connectivity index (χ0v) is 15.0. The highest BCUT2D eigenvalue weighted by Gasteiger charge is 2.13. The number of amides is 1. The lowest BCUT2D eigenvalue weighted by Crippen LogP contribution is -2.14. The number of nitrogens with zero attached hydrogens (tertiary/aromatic N) is 3. The summed E-state index contributed by atoms with van der Waals surface area (Å²) < 4.78 is 11.9. The van der Waals surface area contributed by atoms with Gasteiger partial charge in [0.15, 0.2) is 0 Å². The monoisotopic (exact) mass is 372 g/mol. The van der Waals surface area contributed by atoms with Gasteiger partial charge in [0.25, 0.3) is 5.91 Å². The first-order chi connectivity index (χ1) is 12.6. The molecule has 0 aliphatic carbocycles. The highest BCUT2D eigenvalue weighted by molar-refractivity contribution is 6.31. The van der Waals surface area contributed by atoms with Gasteiger partial charge in [0, 0.05) is 16.7 Å². The van der Waals surface area contributed by atoms with Crippen LogP contribution in [-0.4, -0.2) is 34.9 Å². The summed E-state index contributed by atoms with van der Waals surface area (Å²) in [7, 11) is 3.04. The van der Waals surface area contributed by atoms with Crippen molar-refractivity contribution in [3.8, 4) is 11.5 Å². The molecule has 0 aliphatic rings. The van der Waals surface area contributed by atoms with Gasteiger partial charge in [-0.1, -0.05) is 29.8 Å². The van der Waals surface area contributed by atoms with Crippen LogP contribution in [0.25, 0.3) is 0 Å². The number of rotatable bonds is 6. The van der Waals surface area contributed by atoms with Gasteiger partial charge in [-0.25, -0.2) is 9.67 Å². The Hall–Kier alpha value is -3.06. The molecule has 1 N–H and O–H groups in total. The average Bonchev–Trinajstić information content (AvgIpc) is 3.10. The van der Waals surface area contributed by atoms with E-state index in [4.69, 9.17) is 21.1 Å². The number of carbonyl (C=O) groups excluding carboxylic acids is 1. The molecule has 26 heavy (non-hydrogen) atoms. The normalized spacial score (nSPS) is 10.4. The van der Waals surface area contributed by atoms with Gasteiger partial charge in [-0.2, -0.15) is 0 Å². The summed E-state index contributed by atoms with van der Waals surface area (Å²) in [6, 6.07) is 12.4. The minimum atomic E-state index is -0.363. The molecule has 0 saturated carbocycles. The van der Waals surface area contributed by atoms with Crippen LogP contribution >= 0.6 is 11.6 Å². The van der Waals surface area contributed by atoms with Crippen LogP contribution in [0.1, 0.15) is 15.9 Å². The summed E-state index contributed by atoms with van der Waals surface area (Å²) in [5, 5.41) is 7.56. The Labute approximate surface area is 155 Å². The number of anilines is 1. The van der Waals surface area contributed by atoms with Crippen LogP contribution < -0.4 is 14.8 Å². The topological polar surface area (TPSA) is 78.3 Å². The molecule has 0 bridgehead atoms. The third-order valence-electron chi connectivity index (χ3n) is 3.67. The fourth-order valence-corrected chi connectivity index (χ4v) is 2.54. The number of benzene rings is 2. The maximum Gasteiger partial charge on any atom is 0.258 e. The van der Waals surface area contributed by atoms with Crippen molar-refractivity contribution >= 4 is 23.5 Å². The van der Waals surface area contributed by atoms with E-state index in [1.807, 2.05) is 24.3 Å². The van der Waals surface area contributed by atoms with Crippen molar-refractivity contribution in [2.75, 3.05) is 19.5 Å². The van der Waals surface area contributed by atoms with E-state index in [-0.39, 0.29) is 11.9 Å². The molecular formula is C18H17ClN4O3. The smallest absolute Gasteiger partial charge is 0.258 e. The second-order valence-corrected chi connectivity index (χ2v) is 5.82. The Morgan fingerprint density at radius 2 is 1.85 bits per heavy atom. The van der Waals surface area contributed by atoms with Gasteiger partial charge in [0.05, 0.1) is 20.8 Å². The van der Waals surface area contributed by atoms with Crippen molar-refractivity contribution in [3.05, 3.63) is 64.9 Å². The molecule has 0 atom stereocenters. The molecule has 2 aromatic carbocycles. The standard InChI is InChI=1S/C18H17ClN4O3/c1-25-14-7-13(8-15(9-14)26-2)17(24)21-18-20-11-23(22-18)10-12-5-3-4-6-16(12)19/h3-9,11H,10H2,1-2H3,(H,21,22,24). The van der Waals surface area contributed by atoms with Crippen LogP contribution in [0.5, 0.6) is 11.5 Å². The quantitative estimate of drug-likeness (QED) is 0.718.